The number of hydrogen-bond acceptors (Lipinski definition) is 4. The summed E-state index contributed by atoms with van der Waals surface area (Å²) < 4.78 is 7.97. The van der Waals surface area contributed by atoms with Crippen LogP contribution in [0.1, 0.15) is 77.6 Å². The number of rotatable bonds is 3. The van der Waals surface area contributed by atoms with Gasteiger partial charge in [-0.15, -0.1) is 0 Å². The molecular weight excluding hydrogens is 522 g/mol. The third-order valence-corrected chi connectivity index (χ3v) is 11.0. The Morgan fingerprint density at radius 2 is 1.81 bits per heavy atom. The van der Waals surface area contributed by atoms with Crippen molar-refractivity contribution < 1.29 is 4.74 Å². The number of hydrogen-bond donors (Lipinski definition) is 1. The summed E-state index contributed by atoms with van der Waals surface area (Å²) in [6, 6.07) is 16.8. The average Bonchev–Trinajstić information content (AvgIpc) is 2.97. The Labute approximate surface area is 249 Å². The molecule has 2 bridgehead atoms. The van der Waals surface area contributed by atoms with Gasteiger partial charge in [-0.3, -0.25) is 9.36 Å². The summed E-state index contributed by atoms with van der Waals surface area (Å²) in [5.74, 6) is 4.02. The van der Waals surface area contributed by atoms with Gasteiger partial charge in [0.05, 0.1) is 28.8 Å². The molecule has 0 radical (unpaired) electrons. The lowest BCUT2D eigenvalue weighted by Gasteiger charge is -2.62. The van der Waals surface area contributed by atoms with Crippen LogP contribution in [0.5, 0.6) is 0 Å². The van der Waals surface area contributed by atoms with Gasteiger partial charge in [0.15, 0.2) is 5.96 Å². The van der Waals surface area contributed by atoms with Gasteiger partial charge < -0.3 is 15.0 Å². The standard InChI is InChI=1S/C35H45N5O2/c1-21-19-39(20-22(2)42-21)34(38-30-17-25-16-29(23(30)3)35(25,4)5)36-26-13-14-28-31(18-26)37-32-27(24-10-7-6-8-11-24)12-9-15-40(32)33(28)41/h6-8,10-11,13-14,18,21-23,25,27,29-30H,9,12,15-17,19-20H2,1-5H3,(H,36,38)/t21-,22+,23-,25-,27?,29-,30+/m1/s1. The van der Waals surface area contributed by atoms with Gasteiger partial charge in [0.2, 0.25) is 0 Å². The van der Waals surface area contributed by atoms with E-state index >= 15 is 0 Å². The Bertz CT molecular complexity index is 1550. The van der Waals surface area contributed by atoms with E-state index in [0.29, 0.717) is 22.8 Å². The summed E-state index contributed by atoms with van der Waals surface area (Å²) in [7, 11) is 0. The molecule has 5 aliphatic rings. The zero-order chi connectivity index (χ0) is 29.2. The van der Waals surface area contributed by atoms with Gasteiger partial charge >= 0.3 is 0 Å². The van der Waals surface area contributed by atoms with E-state index in [4.69, 9.17) is 14.7 Å². The number of benzene rings is 2. The van der Waals surface area contributed by atoms with Gasteiger partial charge in [0.25, 0.3) is 5.56 Å². The summed E-state index contributed by atoms with van der Waals surface area (Å²) in [6.07, 6.45) is 4.78. The molecule has 2 aliphatic heterocycles. The zero-order valence-corrected chi connectivity index (χ0v) is 25.7. The van der Waals surface area contributed by atoms with Crippen LogP contribution in [0.4, 0.5) is 5.69 Å². The van der Waals surface area contributed by atoms with Crippen LogP contribution in [-0.4, -0.2) is 51.7 Å². The third kappa shape index (κ3) is 4.74. The van der Waals surface area contributed by atoms with Gasteiger partial charge in [-0.25, -0.2) is 9.98 Å². The molecule has 4 fully saturated rings. The fraction of sp³-hybridized carbons (Fsp3) is 0.571. The van der Waals surface area contributed by atoms with Crippen LogP contribution in [0, 0.1) is 23.2 Å². The maximum Gasteiger partial charge on any atom is 0.261 e. The van der Waals surface area contributed by atoms with Crippen LogP contribution in [0.25, 0.3) is 10.9 Å². The first kappa shape index (κ1) is 27.6. The molecule has 3 heterocycles. The highest BCUT2D eigenvalue weighted by Crippen LogP contribution is 2.61. The topological polar surface area (TPSA) is 71.8 Å². The first-order valence-corrected chi connectivity index (χ1v) is 16.0. The zero-order valence-electron chi connectivity index (χ0n) is 25.7. The van der Waals surface area contributed by atoms with Gasteiger partial charge in [-0.05, 0) is 86.5 Å². The van der Waals surface area contributed by atoms with Gasteiger partial charge in [0, 0.05) is 31.6 Å². The van der Waals surface area contributed by atoms with E-state index in [1.807, 2.05) is 28.8 Å². The molecule has 0 spiro atoms. The molecule has 3 saturated carbocycles. The smallest absolute Gasteiger partial charge is 0.261 e. The SMILES string of the molecule is C[C@H]1[C@@H](NC(=Nc2ccc3c(=O)n4c(nc3c2)C(c2ccccc2)CCC4)N2C[C@@H](C)O[C@@H](C)C2)C[C@H]2C[C@H]1C2(C)C. The van der Waals surface area contributed by atoms with E-state index in [-0.39, 0.29) is 23.7 Å². The van der Waals surface area contributed by atoms with E-state index in [1.165, 1.54) is 18.4 Å². The summed E-state index contributed by atoms with van der Waals surface area (Å²) in [4.78, 5) is 26.4. The molecular formula is C35H45N5O2. The molecule has 8 rings (SSSR count). The second-order valence-electron chi connectivity index (χ2n) is 14.0. The molecule has 42 heavy (non-hydrogen) atoms. The molecule has 7 nitrogen and oxygen atoms in total. The minimum Gasteiger partial charge on any atom is -0.372 e. The van der Waals surface area contributed by atoms with E-state index in [1.54, 1.807) is 0 Å². The number of nitrogens with zero attached hydrogens (tertiary/aromatic N) is 4. The van der Waals surface area contributed by atoms with Crippen LogP contribution in [0.3, 0.4) is 0 Å². The summed E-state index contributed by atoms with van der Waals surface area (Å²) >= 11 is 0. The Kier molecular flexibility index (Phi) is 6.92. The molecule has 2 aromatic carbocycles. The quantitative estimate of drug-likeness (QED) is 0.307. The van der Waals surface area contributed by atoms with E-state index in [0.717, 1.165) is 67.3 Å². The normalized spacial score (nSPS) is 32.3. The number of fused-ring (bicyclic) bond motifs is 4. The molecule has 1 unspecified atom stereocenters. The van der Waals surface area contributed by atoms with Crippen molar-refractivity contribution in [1.82, 2.24) is 19.8 Å². The van der Waals surface area contributed by atoms with Crippen LogP contribution in [0.15, 0.2) is 58.3 Å². The second kappa shape index (κ2) is 10.5. The minimum absolute atomic E-state index is 0.0539. The number of morpholine rings is 1. The first-order valence-electron chi connectivity index (χ1n) is 16.0. The van der Waals surface area contributed by atoms with Crippen molar-refractivity contribution in [3.05, 3.63) is 70.3 Å². The number of aliphatic imine (C=N–C) groups is 1. The van der Waals surface area contributed by atoms with Crippen LogP contribution in [0.2, 0.25) is 0 Å². The van der Waals surface area contributed by atoms with Crippen molar-refractivity contribution in [2.75, 3.05) is 13.1 Å². The lowest BCUT2D eigenvalue weighted by Crippen LogP contribution is -2.63. The molecule has 1 N–H and O–H groups in total. The predicted octanol–water partition coefficient (Wildman–Crippen LogP) is 6.08. The first-order chi connectivity index (χ1) is 20.2. The largest absolute Gasteiger partial charge is 0.372 e. The van der Waals surface area contributed by atoms with Crippen molar-refractivity contribution in [1.29, 1.82) is 0 Å². The Hall–Kier alpha value is -3.19. The number of nitrogens with one attached hydrogen (secondary N) is 1. The summed E-state index contributed by atoms with van der Waals surface area (Å²) in [5.41, 5.74) is 3.27. The van der Waals surface area contributed by atoms with Crippen molar-refractivity contribution in [3.8, 4) is 0 Å². The average molecular weight is 568 g/mol. The molecule has 0 amide bonds. The Balaban J connectivity index is 1.26. The highest BCUT2D eigenvalue weighted by Gasteiger charge is 2.56. The van der Waals surface area contributed by atoms with Gasteiger partial charge in [-0.2, -0.15) is 0 Å². The summed E-state index contributed by atoms with van der Waals surface area (Å²) in [5, 5.41) is 4.60. The minimum atomic E-state index is 0.0539. The number of guanidine groups is 1. The lowest BCUT2D eigenvalue weighted by molar-refractivity contribution is -0.112. The highest BCUT2D eigenvalue weighted by molar-refractivity contribution is 5.86. The molecule has 1 saturated heterocycles. The van der Waals surface area contributed by atoms with Gasteiger partial charge in [-0.1, -0.05) is 51.1 Å². The number of aromatic nitrogens is 2. The lowest BCUT2D eigenvalue weighted by atomic mass is 9.45. The van der Waals surface area contributed by atoms with E-state index < -0.39 is 0 Å². The summed E-state index contributed by atoms with van der Waals surface area (Å²) in [6.45, 7) is 13.9. The van der Waals surface area contributed by atoms with Crippen molar-refractivity contribution in [3.63, 3.8) is 0 Å². The number of ether oxygens (including phenoxy) is 1. The predicted molar refractivity (Wildman–Crippen MR) is 168 cm³/mol. The second-order valence-corrected chi connectivity index (χ2v) is 14.0. The molecule has 3 aliphatic carbocycles. The molecule has 1 aromatic heterocycles. The van der Waals surface area contributed by atoms with E-state index in [2.05, 4.69) is 69.1 Å². The van der Waals surface area contributed by atoms with Crippen molar-refractivity contribution in [2.45, 2.75) is 91.0 Å². The van der Waals surface area contributed by atoms with Crippen molar-refractivity contribution in [2.24, 2.45) is 28.2 Å². The van der Waals surface area contributed by atoms with Crippen LogP contribution < -0.4 is 10.9 Å². The maximum absolute atomic E-state index is 13.6. The van der Waals surface area contributed by atoms with Crippen molar-refractivity contribution >= 4 is 22.5 Å². The third-order valence-electron chi connectivity index (χ3n) is 11.0. The fourth-order valence-corrected chi connectivity index (χ4v) is 8.54. The maximum atomic E-state index is 13.6. The highest BCUT2D eigenvalue weighted by atomic mass is 16.5. The molecule has 7 atom stereocenters. The van der Waals surface area contributed by atoms with E-state index in [9.17, 15) is 4.79 Å². The molecule has 222 valence electrons. The molecule has 7 heteroatoms. The Morgan fingerprint density at radius 1 is 1.05 bits per heavy atom. The Morgan fingerprint density at radius 3 is 2.52 bits per heavy atom. The van der Waals surface area contributed by atoms with Crippen LogP contribution >= 0.6 is 0 Å². The monoisotopic (exact) mass is 567 g/mol. The van der Waals surface area contributed by atoms with Crippen LogP contribution in [-0.2, 0) is 11.3 Å². The molecule has 3 aromatic rings. The fourth-order valence-electron chi connectivity index (χ4n) is 8.54. The van der Waals surface area contributed by atoms with Gasteiger partial charge in [0.1, 0.15) is 5.82 Å².